The number of ketones is 1. The summed E-state index contributed by atoms with van der Waals surface area (Å²) in [4.78, 5) is 175. The van der Waals surface area contributed by atoms with Crippen molar-refractivity contribution in [1.82, 2.24) is 44.6 Å². The SMILES string of the molecule is CCCOC(=O)CCC(=O)ON1C(=O)CCC1=O.CCCOC(=O)ON1C(=O)CCC1=O.CCCOC(=O)n1nnc2ccccc21.CCCOCC(=O)N1CCSC1=S.CCCOCC(=O)c1c(F)c(F)c(F)c(F)c1F.CCCOCC(=O)n1ccnc1.CCCOCCC(=O)ON1C(=O)CCC1=O. The number of hydrogen-bond acceptors (Lipinski definition) is 29. The summed E-state index contributed by atoms with van der Waals surface area (Å²) in [6.07, 6.45) is 8.74. The Bertz CT molecular complexity index is 3510. The molecule has 0 bridgehead atoms. The van der Waals surface area contributed by atoms with Gasteiger partial charge in [0.1, 0.15) is 41.5 Å². The molecule has 586 valence electrons. The third-order valence-electron chi connectivity index (χ3n) is 12.8. The molecular formula is C66H86F5N9O24S2. The standard InChI is InChI=1S/C11H9F5O2.C11H15NO6.C10H11N3O2.C10H15NO5.C8H12N2O2.C8H11NO5.C8H13NO2S2/c1-2-3-18-4-5(17)6-7(12)9(14)11(16)10(15)8(6)13;1-2-7-17-10(15)5-6-11(16)18-12-8(13)3-4-9(12)14;1-2-7-15-10(14)13-9-6-4-3-5-8(9)11-12-13;1-2-6-15-7-5-10(14)16-11-8(12)3-4-9(11)13;1-2-5-12-6-8(11)10-4-3-9-7-10;1-2-5-13-8(12)14-9-6(10)3-4-7(9)11;1-2-4-11-6-7(10)9-3-5-13-8(9)12/h2-4H2,1H3;2-7H2,1H3;3-6H,2,7H2,1H3;2-7H2,1H3;3-4,7H,2,5-6H2,1H3;2-5H2,1H3;2-6H2,1H3. The molecule has 2 aromatic heterocycles. The smallest absolute Gasteiger partial charge is 0.466 e. The highest BCUT2D eigenvalue weighted by Gasteiger charge is 2.36. The number of carbonyl (C=O) groups excluding carboxylic acids is 14. The lowest BCUT2D eigenvalue weighted by Gasteiger charge is -2.14. The highest BCUT2D eigenvalue weighted by Crippen LogP contribution is 2.24. The van der Waals surface area contributed by atoms with Crippen LogP contribution < -0.4 is 0 Å². The lowest BCUT2D eigenvalue weighted by Crippen LogP contribution is -2.33. The minimum atomic E-state index is -2.30. The second-order valence-electron chi connectivity index (χ2n) is 21.6. The third kappa shape index (κ3) is 33.6. The Labute approximate surface area is 615 Å². The third-order valence-corrected chi connectivity index (χ3v) is 14.2. The molecule has 4 aliphatic heterocycles. The first-order chi connectivity index (χ1) is 50.7. The fraction of sp³-hybridized carbons (Fsp3) is 0.545. The molecule has 40 heteroatoms. The van der Waals surface area contributed by atoms with Gasteiger partial charge in [0.05, 0.1) is 51.3 Å². The van der Waals surface area contributed by atoms with Gasteiger partial charge in [0.15, 0.2) is 29.1 Å². The lowest BCUT2D eigenvalue weighted by molar-refractivity contribution is -0.198. The minimum absolute atomic E-state index is 0.0107. The van der Waals surface area contributed by atoms with E-state index in [4.69, 9.17) is 40.6 Å². The number of ether oxygens (including phenoxy) is 7. The topological polar surface area (TPSA) is 393 Å². The minimum Gasteiger partial charge on any atom is -0.466 e. The first kappa shape index (κ1) is 92.4. The van der Waals surface area contributed by atoms with E-state index in [1.54, 1.807) is 48.1 Å². The van der Waals surface area contributed by atoms with Gasteiger partial charge in [0.2, 0.25) is 5.82 Å². The van der Waals surface area contributed by atoms with Gasteiger partial charge in [-0.25, -0.2) is 46.1 Å². The lowest BCUT2D eigenvalue weighted by atomic mass is 10.1. The van der Waals surface area contributed by atoms with Crippen LogP contribution in [0.4, 0.5) is 31.5 Å². The van der Waals surface area contributed by atoms with Gasteiger partial charge in [0.25, 0.3) is 47.3 Å². The second kappa shape index (κ2) is 52.3. The number of imide groups is 3. The number of amides is 7. The van der Waals surface area contributed by atoms with Gasteiger partial charge in [-0.3, -0.25) is 62.2 Å². The molecule has 6 heterocycles. The number of hydrogen-bond donors (Lipinski definition) is 0. The Morgan fingerprint density at radius 3 is 1.41 bits per heavy atom. The van der Waals surface area contributed by atoms with Crippen LogP contribution in [-0.2, 0) is 95.6 Å². The molecule has 0 unspecified atom stereocenters. The molecule has 4 aliphatic rings. The fourth-order valence-electron chi connectivity index (χ4n) is 7.72. The number of Topliss-reactive ketones (excluding diaryl/α,β-unsaturated/α-hetero) is 1. The van der Waals surface area contributed by atoms with Crippen molar-refractivity contribution < 1.29 is 137 Å². The van der Waals surface area contributed by atoms with E-state index in [2.05, 4.69) is 34.5 Å². The van der Waals surface area contributed by atoms with Crippen LogP contribution in [-0.4, -0.2) is 217 Å². The number of carbonyl (C=O) groups is 14. The predicted molar refractivity (Wildman–Crippen MR) is 362 cm³/mol. The van der Waals surface area contributed by atoms with Crippen LogP contribution in [0.1, 0.15) is 166 Å². The van der Waals surface area contributed by atoms with Gasteiger partial charge in [-0.15, -0.1) is 19.9 Å². The quantitative estimate of drug-likeness (QED) is 0.00544. The Morgan fingerprint density at radius 2 is 0.925 bits per heavy atom. The molecule has 0 atom stereocenters. The number of thioether (sulfide) groups is 1. The summed E-state index contributed by atoms with van der Waals surface area (Å²) >= 11 is 6.56. The molecule has 0 saturated carbocycles. The van der Waals surface area contributed by atoms with Crippen molar-refractivity contribution in [3.8, 4) is 0 Å². The molecule has 2 aromatic carbocycles. The zero-order chi connectivity index (χ0) is 79.1. The van der Waals surface area contributed by atoms with Crippen LogP contribution >= 0.6 is 24.0 Å². The molecule has 4 fully saturated rings. The van der Waals surface area contributed by atoms with Crippen LogP contribution in [0, 0.1) is 29.1 Å². The van der Waals surface area contributed by atoms with Gasteiger partial charge in [-0.1, -0.05) is 94.9 Å². The van der Waals surface area contributed by atoms with E-state index < -0.39 is 113 Å². The summed E-state index contributed by atoms with van der Waals surface area (Å²) in [6, 6.07) is 7.25. The first-order valence-electron chi connectivity index (χ1n) is 33.5. The van der Waals surface area contributed by atoms with Crippen LogP contribution in [0.25, 0.3) is 11.0 Å². The number of aromatic nitrogens is 5. The monoisotopic (exact) mass is 1550 g/mol. The summed E-state index contributed by atoms with van der Waals surface area (Å²) < 4.78 is 102. The van der Waals surface area contributed by atoms with Crippen molar-refractivity contribution in [2.75, 3.05) is 85.0 Å². The number of hydroxylamine groups is 6. The van der Waals surface area contributed by atoms with E-state index in [-0.39, 0.29) is 103 Å². The molecule has 0 spiro atoms. The molecular weight excluding hydrogens is 1460 g/mol. The maximum Gasteiger partial charge on any atom is 0.533 e. The molecule has 4 saturated heterocycles. The molecule has 8 rings (SSSR count). The number of imidazole rings is 1. The average molecular weight is 1550 g/mol. The largest absolute Gasteiger partial charge is 0.533 e. The van der Waals surface area contributed by atoms with Gasteiger partial charge in [-0.05, 0) is 57.1 Å². The highest BCUT2D eigenvalue weighted by atomic mass is 32.2. The molecule has 0 N–H and O–H groups in total. The van der Waals surface area contributed by atoms with E-state index in [1.807, 2.05) is 53.7 Å². The van der Waals surface area contributed by atoms with Gasteiger partial charge >= 0.3 is 30.2 Å². The van der Waals surface area contributed by atoms with Crippen molar-refractivity contribution in [3.63, 3.8) is 0 Å². The molecule has 0 radical (unpaired) electrons. The fourth-order valence-corrected chi connectivity index (χ4v) is 8.96. The molecule has 7 amide bonds. The van der Waals surface area contributed by atoms with Crippen LogP contribution in [0.15, 0.2) is 43.0 Å². The average Bonchev–Trinajstić information content (AvgIpc) is 1.01. The summed E-state index contributed by atoms with van der Waals surface area (Å²) in [7, 11) is 0. The summed E-state index contributed by atoms with van der Waals surface area (Å²) in [6.45, 7) is 16.7. The van der Waals surface area contributed by atoms with Crippen LogP contribution in [0.3, 0.4) is 0 Å². The highest BCUT2D eigenvalue weighted by molar-refractivity contribution is 8.23. The molecule has 33 nitrogen and oxygen atoms in total. The molecule has 106 heavy (non-hydrogen) atoms. The van der Waals surface area contributed by atoms with Crippen molar-refractivity contribution in [2.45, 2.75) is 151 Å². The van der Waals surface area contributed by atoms with E-state index in [9.17, 15) is 89.1 Å². The number of benzene rings is 2. The molecule has 4 aromatic rings. The van der Waals surface area contributed by atoms with Crippen molar-refractivity contribution >= 4 is 123 Å². The van der Waals surface area contributed by atoms with E-state index in [1.165, 1.54) is 15.6 Å². The van der Waals surface area contributed by atoms with Gasteiger partial charge in [0, 0.05) is 89.6 Å². The Hall–Kier alpha value is -9.64. The second-order valence-corrected chi connectivity index (χ2v) is 23.3. The molecule has 0 aliphatic carbocycles. The normalized spacial score (nSPS) is 13.5. The maximum atomic E-state index is 13.2. The first-order valence-corrected chi connectivity index (χ1v) is 34.9. The van der Waals surface area contributed by atoms with Crippen molar-refractivity contribution in [3.05, 3.63) is 77.6 Å². The zero-order valence-electron chi connectivity index (χ0n) is 59.6. The predicted octanol–water partition coefficient (Wildman–Crippen LogP) is 8.39. The summed E-state index contributed by atoms with van der Waals surface area (Å²) in [5, 5.41) is 9.06. The van der Waals surface area contributed by atoms with Gasteiger partial charge in [-0.2, -0.15) is 0 Å². The number of esters is 1. The zero-order valence-corrected chi connectivity index (χ0v) is 61.2. The Balaban J connectivity index is 0.000000422. The van der Waals surface area contributed by atoms with E-state index in [0.717, 1.165) is 38.0 Å². The van der Waals surface area contributed by atoms with E-state index >= 15 is 0 Å². The van der Waals surface area contributed by atoms with Crippen molar-refractivity contribution in [2.24, 2.45) is 0 Å². The van der Waals surface area contributed by atoms with Gasteiger partial charge < -0.3 is 42.8 Å². The number of rotatable bonds is 30. The number of nitrogens with zero attached hydrogens (tertiary/aromatic N) is 9. The maximum absolute atomic E-state index is 13.2. The Kier molecular flexibility index (Phi) is 45.6. The van der Waals surface area contributed by atoms with Crippen LogP contribution in [0.5, 0.6) is 0 Å². The number of fused-ring (bicyclic) bond motifs is 1. The Morgan fingerprint density at radius 1 is 0.491 bits per heavy atom. The van der Waals surface area contributed by atoms with Crippen LogP contribution in [0.2, 0.25) is 0 Å². The van der Waals surface area contributed by atoms with E-state index in [0.29, 0.717) is 82.8 Å². The number of thiocarbonyl (C=S) groups is 1. The summed E-state index contributed by atoms with van der Waals surface area (Å²) in [5.41, 5.74) is -0.118. The number of para-hydroxylation sites is 1. The number of halogens is 5. The summed E-state index contributed by atoms with van der Waals surface area (Å²) in [5.74, 6) is -16.3. The van der Waals surface area contributed by atoms with Crippen molar-refractivity contribution in [1.29, 1.82) is 0 Å².